The molecule has 6 nitrogen and oxygen atoms in total. The van der Waals surface area contributed by atoms with Crippen LogP contribution in [0.15, 0.2) is 0 Å². The number of carbonyl (C=O) groups is 2. The van der Waals surface area contributed by atoms with Crippen molar-refractivity contribution < 1.29 is 19.4 Å². The highest BCUT2D eigenvalue weighted by molar-refractivity contribution is 5.81. The molecule has 0 aromatic rings. The number of carboxylic acids is 1. The molecule has 0 aromatic heterocycles. The highest BCUT2D eigenvalue weighted by atomic mass is 16.5. The highest BCUT2D eigenvalue weighted by Gasteiger charge is 2.21. The minimum Gasteiger partial charge on any atom is -0.481 e. The van der Waals surface area contributed by atoms with Crippen LogP contribution in [0, 0.1) is 0 Å². The Morgan fingerprint density at radius 2 is 2.06 bits per heavy atom. The fourth-order valence-corrected chi connectivity index (χ4v) is 1.54. The Bertz CT molecular complexity index is 251. The first kappa shape index (κ1) is 12.9. The molecule has 0 aliphatic carbocycles. The van der Waals surface area contributed by atoms with Crippen LogP contribution in [0.25, 0.3) is 0 Å². The van der Waals surface area contributed by atoms with Gasteiger partial charge in [-0.1, -0.05) is 0 Å². The monoisotopic (exact) mass is 230 g/mol. The molecular weight excluding hydrogens is 212 g/mol. The smallest absolute Gasteiger partial charge is 0.304 e. The lowest BCUT2D eigenvalue weighted by molar-refractivity contribution is -0.139. The van der Waals surface area contributed by atoms with Gasteiger partial charge in [0.2, 0.25) is 5.91 Å². The van der Waals surface area contributed by atoms with Crippen molar-refractivity contribution in [3.05, 3.63) is 0 Å². The number of carbonyl (C=O) groups excluding carboxylic acids is 1. The number of hydrogen-bond donors (Lipinski definition) is 2. The first-order chi connectivity index (χ1) is 7.61. The first-order valence-corrected chi connectivity index (χ1v) is 5.43. The molecule has 1 rings (SSSR count). The van der Waals surface area contributed by atoms with Gasteiger partial charge in [0.25, 0.3) is 0 Å². The maximum atomic E-state index is 11.8. The van der Waals surface area contributed by atoms with Gasteiger partial charge < -0.3 is 20.1 Å². The number of aliphatic carboxylic acids is 1. The van der Waals surface area contributed by atoms with E-state index < -0.39 is 5.97 Å². The van der Waals surface area contributed by atoms with E-state index in [0.717, 1.165) is 0 Å². The van der Waals surface area contributed by atoms with Crippen molar-refractivity contribution in [2.24, 2.45) is 0 Å². The van der Waals surface area contributed by atoms with Crippen LogP contribution in [0.2, 0.25) is 0 Å². The summed E-state index contributed by atoms with van der Waals surface area (Å²) < 4.78 is 5.15. The molecule has 1 atom stereocenters. The number of ether oxygens (including phenoxy) is 1. The first-order valence-electron chi connectivity index (χ1n) is 5.43. The molecule has 1 unspecified atom stereocenters. The summed E-state index contributed by atoms with van der Waals surface area (Å²) in [4.78, 5) is 23.9. The molecule has 16 heavy (non-hydrogen) atoms. The molecule has 0 aromatic carbocycles. The zero-order chi connectivity index (χ0) is 12.0. The second-order valence-corrected chi connectivity index (χ2v) is 3.76. The van der Waals surface area contributed by atoms with Crippen molar-refractivity contribution in [2.45, 2.75) is 19.4 Å². The van der Waals surface area contributed by atoms with E-state index in [1.807, 2.05) is 0 Å². The van der Waals surface area contributed by atoms with Gasteiger partial charge in [-0.3, -0.25) is 9.59 Å². The van der Waals surface area contributed by atoms with Gasteiger partial charge in [0.15, 0.2) is 0 Å². The van der Waals surface area contributed by atoms with Crippen molar-refractivity contribution in [3.63, 3.8) is 0 Å². The van der Waals surface area contributed by atoms with E-state index in [-0.39, 0.29) is 18.4 Å². The van der Waals surface area contributed by atoms with Crippen LogP contribution >= 0.6 is 0 Å². The van der Waals surface area contributed by atoms with E-state index in [2.05, 4.69) is 5.32 Å². The number of hydrogen-bond acceptors (Lipinski definition) is 4. The molecule has 1 heterocycles. The lowest BCUT2D eigenvalue weighted by Gasteiger charge is -2.29. The fourth-order valence-electron chi connectivity index (χ4n) is 1.54. The van der Waals surface area contributed by atoms with Gasteiger partial charge in [-0.2, -0.15) is 0 Å². The maximum Gasteiger partial charge on any atom is 0.304 e. The van der Waals surface area contributed by atoms with Crippen LogP contribution in [0.5, 0.6) is 0 Å². The van der Waals surface area contributed by atoms with Crippen LogP contribution in [0.4, 0.5) is 0 Å². The predicted octanol–water partition coefficient (Wildman–Crippen LogP) is -0.702. The molecule has 1 aliphatic heterocycles. The van der Waals surface area contributed by atoms with E-state index in [1.54, 1.807) is 11.8 Å². The number of rotatable bonds is 5. The zero-order valence-corrected chi connectivity index (χ0v) is 9.44. The lowest BCUT2D eigenvalue weighted by Crippen LogP contribution is -2.49. The Hall–Kier alpha value is -1.14. The average molecular weight is 230 g/mol. The molecule has 1 amide bonds. The van der Waals surface area contributed by atoms with E-state index in [9.17, 15) is 9.59 Å². The van der Waals surface area contributed by atoms with Gasteiger partial charge in [-0.15, -0.1) is 0 Å². The third kappa shape index (κ3) is 4.16. The van der Waals surface area contributed by atoms with Gasteiger partial charge in [0, 0.05) is 19.6 Å². The second-order valence-electron chi connectivity index (χ2n) is 3.76. The lowest BCUT2D eigenvalue weighted by atomic mass is 10.2. The quantitative estimate of drug-likeness (QED) is 0.653. The summed E-state index contributed by atoms with van der Waals surface area (Å²) >= 11 is 0. The Morgan fingerprint density at radius 1 is 1.44 bits per heavy atom. The molecule has 0 spiro atoms. The summed E-state index contributed by atoms with van der Waals surface area (Å²) in [6.45, 7) is 4.45. The fraction of sp³-hybridized carbons (Fsp3) is 0.800. The number of amides is 1. The molecule has 6 heteroatoms. The molecular formula is C10H18N2O4. The summed E-state index contributed by atoms with van der Waals surface area (Å²) in [5.74, 6) is -0.854. The van der Waals surface area contributed by atoms with Crippen molar-refractivity contribution in [1.82, 2.24) is 10.2 Å². The van der Waals surface area contributed by atoms with Gasteiger partial charge in [0.1, 0.15) is 0 Å². The van der Waals surface area contributed by atoms with Gasteiger partial charge in [-0.25, -0.2) is 0 Å². The van der Waals surface area contributed by atoms with Gasteiger partial charge in [0.05, 0.1) is 25.7 Å². The summed E-state index contributed by atoms with van der Waals surface area (Å²) in [5.41, 5.74) is 0. The van der Waals surface area contributed by atoms with Crippen LogP contribution in [-0.4, -0.2) is 60.8 Å². The van der Waals surface area contributed by atoms with Crippen molar-refractivity contribution in [3.8, 4) is 0 Å². The topological polar surface area (TPSA) is 78.9 Å². The summed E-state index contributed by atoms with van der Waals surface area (Å²) in [6.07, 6.45) is 0.0285. The van der Waals surface area contributed by atoms with Crippen molar-refractivity contribution in [1.29, 1.82) is 0 Å². The molecule has 0 bridgehead atoms. The van der Waals surface area contributed by atoms with Crippen LogP contribution < -0.4 is 5.32 Å². The normalized spacial score (nSPS) is 18.2. The van der Waals surface area contributed by atoms with E-state index in [0.29, 0.717) is 32.8 Å². The highest BCUT2D eigenvalue weighted by Crippen LogP contribution is 2.00. The van der Waals surface area contributed by atoms with E-state index in [1.165, 1.54) is 0 Å². The average Bonchev–Trinajstić information content (AvgIpc) is 2.28. The van der Waals surface area contributed by atoms with E-state index >= 15 is 0 Å². The molecule has 2 N–H and O–H groups in total. The molecule has 1 fully saturated rings. The Labute approximate surface area is 94.6 Å². The van der Waals surface area contributed by atoms with Gasteiger partial charge >= 0.3 is 5.97 Å². The van der Waals surface area contributed by atoms with E-state index in [4.69, 9.17) is 9.84 Å². The largest absolute Gasteiger partial charge is 0.481 e. The maximum absolute atomic E-state index is 11.8. The Balaban J connectivity index is 2.26. The van der Waals surface area contributed by atoms with Gasteiger partial charge in [-0.05, 0) is 6.92 Å². The number of nitrogens with zero attached hydrogens (tertiary/aromatic N) is 1. The predicted molar refractivity (Wildman–Crippen MR) is 57.1 cm³/mol. The summed E-state index contributed by atoms with van der Waals surface area (Å²) in [5, 5.41) is 11.4. The third-order valence-corrected chi connectivity index (χ3v) is 2.48. The summed E-state index contributed by atoms with van der Waals surface area (Å²) in [7, 11) is 0. The zero-order valence-electron chi connectivity index (χ0n) is 9.44. The SMILES string of the molecule is CC(NCCC(=O)O)C(=O)N1CCOCC1. The number of carboxylic acid groups (broad SMARTS) is 1. The standard InChI is InChI=1S/C10H18N2O4/c1-8(11-3-2-9(13)14)10(15)12-4-6-16-7-5-12/h8,11H,2-7H2,1H3,(H,13,14). The minimum absolute atomic E-state index is 0.00805. The second kappa shape index (κ2) is 6.44. The molecule has 1 aliphatic rings. The van der Waals surface area contributed by atoms with Crippen LogP contribution in [0.1, 0.15) is 13.3 Å². The molecule has 0 saturated carbocycles. The minimum atomic E-state index is -0.862. The Morgan fingerprint density at radius 3 is 2.62 bits per heavy atom. The van der Waals surface area contributed by atoms with Crippen LogP contribution in [0.3, 0.4) is 0 Å². The van der Waals surface area contributed by atoms with Crippen molar-refractivity contribution in [2.75, 3.05) is 32.8 Å². The third-order valence-electron chi connectivity index (χ3n) is 2.48. The molecule has 1 saturated heterocycles. The molecule has 92 valence electrons. The van der Waals surface area contributed by atoms with Crippen molar-refractivity contribution >= 4 is 11.9 Å². The number of morpholine rings is 1. The summed E-state index contributed by atoms with van der Waals surface area (Å²) in [6, 6.07) is -0.336. The number of nitrogens with one attached hydrogen (secondary N) is 1. The Kier molecular flexibility index (Phi) is 5.21. The molecule has 0 radical (unpaired) electrons. The van der Waals surface area contributed by atoms with Crippen LogP contribution in [-0.2, 0) is 14.3 Å².